The van der Waals surface area contributed by atoms with Crippen LogP contribution in [0.25, 0.3) is 22.4 Å². The number of non-ortho nitro benzene ring substituents is 1. The van der Waals surface area contributed by atoms with Crippen molar-refractivity contribution < 1.29 is 4.92 Å². The second-order valence-corrected chi connectivity index (χ2v) is 7.09. The lowest BCUT2D eigenvalue weighted by molar-refractivity contribution is -0.384. The van der Waals surface area contributed by atoms with Crippen molar-refractivity contribution in [2.24, 2.45) is 0 Å². The molecule has 2 heterocycles. The predicted molar refractivity (Wildman–Crippen MR) is 120 cm³/mol. The van der Waals surface area contributed by atoms with E-state index in [0.717, 1.165) is 16.7 Å². The van der Waals surface area contributed by atoms with E-state index in [1.807, 2.05) is 46.5 Å². The van der Waals surface area contributed by atoms with Crippen LogP contribution in [0.5, 0.6) is 0 Å². The summed E-state index contributed by atoms with van der Waals surface area (Å²) < 4.78 is 4.81. The summed E-state index contributed by atoms with van der Waals surface area (Å²) in [5, 5.41) is 20.2. The lowest BCUT2D eigenvalue weighted by atomic mass is 10.00. The fourth-order valence-electron chi connectivity index (χ4n) is 3.22. The Morgan fingerprint density at radius 2 is 2.00 bits per heavy atom. The summed E-state index contributed by atoms with van der Waals surface area (Å²) in [7, 11) is 0. The van der Waals surface area contributed by atoms with Gasteiger partial charge in [0, 0.05) is 17.7 Å². The Morgan fingerprint density at radius 3 is 2.67 bits per heavy atom. The van der Waals surface area contributed by atoms with E-state index in [2.05, 4.69) is 24.6 Å². The molecule has 0 atom stereocenters. The molecule has 0 fully saturated rings. The zero-order chi connectivity index (χ0) is 21.3. The highest BCUT2D eigenvalue weighted by Gasteiger charge is 2.17. The molecule has 0 spiro atoms. The number of nitrogens with zero attached hydrogens (tertiary/aromatic N) is 6. The minimum Gasteiger partial charge on any atom is -0.311 e. The molecule has 0 saturated carbocycles. The van der Waals surface area contributed by atoms with Crippen LogP contribution in [0.4, 0.5) is 11.6 Å². The molecular formula is C20H14IN7O2. The van der Waals surface area contributed by atoms with E-state index >= 15 is 0 Å². The number of rotatable bonds is 5. The van der Waals surface area contributed by atoms with Gasteiger partial charge in [0.1, 0.15) is 11.2 Å². The Labute approximate surface area is 185 Å². The standard InChI is InChI=1S/C20H14IN7O2/c1-12-14(9-22)3-2-4-16(12)17-18-19(25-20(24-17)26-21)27(11-23-18)10-13-5-7-15(8-6-13)28(29)30/h2-8,11H,10H2,1H3,(H,24,25,26). The molecule has 30 heavy (non-hydrogen) atoms. The molecule has 0 aliphatic carbocycles. The molecule has 4 aromatic rings. The molecule has 0 saturated heterocycles. The van der Waals surface area contributed by atoms with Gasteiger partial charge < -0.3 is 4.57 Å². The summed E-state index contributed by atoms with van der Waals surface area (Å²) in [6.07, 6.45) is 1.67. The Hall–Kier alpha value is -3.59. The number of nitro benzene ring substituents is 1. The van der Waals surface area contributed by atoms with Gasteiger partial charge in [-0.3, -0.25) is 13.6 Å². The van der Waals surface area contributed by atoms with Gasteiger partial charge in [0.25, 0.3) is 5.69 Å². The minimum absolute atomic E-state index is 0.0445. The number of hydrogen-bond donors (Lipinski definition) is 1. The van der Waals surface area contributed by atoms with Crippen LogP contribution in [0.2, 0.25) is 0 Å². The number of nitrogens with one attached hydrogen (secondary N) is 1. The monoisotopic (exact) mass is 511 g/mol. The summed E-state index contributed by atoms with van der Waals surface area (Å²) in [6, 6.07) is 14.1. The number of halogens is 1. The molecule has 0 radical (unpaired) electrons. The number of imidazole rings is 1. The minimum atomic E-state index is -0.425. The molecule has 0 aliphatic heterocycles. The Kier molecular flexibility index (Phi) is 5.28. The number of nitro groups is 1. The van der Waals surface area contributed by atoms with Crippen LogP contribution in [-0.4, -0.2) is 24.4 Å². The van der Waals surface area contributed by atoms with Gasteiger partial charge in [-0.15, -0.1) is 0 Å². The third-order valence-electron chi connectivity index (χ3n) is 4.76. The highest BCUT2D eigenvalue weighted by molar-refractivity contribution is 14.1. The van der Waals surface area contributed by atoms with Gasteiger partial charge in [0.2, 0.25) is 5.95 Å². The number of benzene rings is 2. The molecule has 4 rings (SSSR count). The van der Waals surface area contributed by atoms with Crippen molar-refractivity contribution in [1.29, 1.82) is 5.26 Å². The van der Waals surface area contributed by atoms with Gasteiger partial charge in [-0.05, 0) is 24.1 Å². The smallest absolute Gasteiger partial charge is 0.269 e. The summed E-state index contributed by atoms with van der Waals surface area (Å²) >= 11 is 1.97. The lowest BCUT2D eigenvalue weighted by Gasteiger charge is -2.10. The van der Waals surface area contributed by atoms with Crippen molar-refractivity contribution in [2.45, 2.75) is 13.5 Å². The van der Waals surface area contributed by atoms with E-state index in [4.69, 9.17) is 0 Å². The van der Waals surface area contributed by atoms with Crippen molar-refractivity contribution in [2.75, 3.05) is 3.53 Å². The second-order valence-electron chi connectivity index (χ2n) is 6.55. The van der Waals surface area contributed by atoms with Crippen LogP contribution < -0.4 is 3.53 Å². The number of aromatic nitrogens is 4. The first-order chi connectivity index (χ1) is 14.5. The van der Waals surface area contributed by atoms with Crippen molar-refractivity contribution >= 4 is 45.7 Å². The molecular weight excluding hydrogens is 497 g/mol. The SMILES string of the molecule is Cc1c(C#N)cccc1-c1nc(NI)nc2c1ncn2Cc1ccc([N+](=O)[O-])cc1. The maximum Gasteiger partial charge on any atom is 0.269 e. The van der Waals surface area contributed by atoms with E-state index < -0.39 is 4.92 Å². The van der Waals surface area contributed by atoms with Crippen molar-refractivity contribution in [3.8, 4) is 17.3 Å². The van der Waals surface area contributed by atoms with E-state index in [1.165, 1.54) is 12.1 Å². The van der Waals surface area contributed by atoms with Gasteiger partial charge in [0.15, 0.2) is 5.65 Å². The zero-order valence-electron chi connectivity index (χ0n) is 15.7. The largest absolute Gasteiger partial charge is 0.311 e. The van der Waals surface area contributed by atoms with Crippen molar-refractivity contribution in [3.05, 3.63) is 75.6 Å². The summed E-state index contributed by atoms with van der Waals surface area (Å²) in [6.45, 7) is 2.33. The average molecular weight is 511 g/mol. The van der Waals surface area contributed by atoms with Crippen LogP contribution in [0.1, 0.15) is 16.7 Å². The highest BCUT2D eigenvalue weighted by Crippen LogP contribution is 2.30. The maximum absolute atomic E-state index is 10.9. The van der Waals surface area contributed by atoms with Crippen molar-refractivity contribution in [1.82, 2.24) is 19.5 Å². The molecule has 1 N–H and O–H groups in total. The van der Waals surface area contributed by atoms with E-state index in [-0.39, 0.29) is 5.69 Å². The molecule has 0 bridgehead atoms. The molecule has 0 aliphatic rings. The fraction of sp³-hybridized carbons (Fsp3) is 0.100. The van der Waals surface area contributed by atoms with Crippen LogP contribution in [0.3, 0.4) is 0 Å². The molecule has 148 valence electrons. The first-order valence-electron chi connectivity index (χ1n) is 8.84. The molecule has 9 nitrogen and oxygen atoms in total. The topological polar surface area (TPSA) is 123 Å². The number of fused-ring (bicyclic) bond motifs is 1. The molecule has 2 aromatic carbocycles. The van der Waals surface area contributed by atoms with Gasteiger partial charge in [-0.1, -0.05) is 24.3 Å². The second kappa shape index (κ2) is 8.03. The van der Waals surface area contributed by atoms with E-state index in [0.29, 0.717) is 34.9 Å². The van der Waals surface area contributed by atoms with Gasteiger partial charge >= 0.3 is 0 Å². The summed E-state index contributed by atoms with van der Waals surface area (Å²) in [4.78, 5) is 24.1. The van der Waals surface area contributed by atoms with Gasteiger partial charge in [-0.25, -0.2) is 9.97 Å². The average Bonchev–Trinajstić information content (AvgIpc) is 3.16. The van der Waals surface area contributed by atoms with Crippen LogP contribution in [0, 0.1) is 28.4 Å². The Morgan fingerprint density at radius 1 is 1.23 bits per heavy atom. The van der Waals surface area contributed by atoms with E-state index in [1.54, 1.807) is 24.5 Å². The lowest BCUT2D eigenvalue weighted by Crippen LogP contribution is -2.03. The first-order valence-corrected chi connectivity index (χ1v) is 9.92. The summed E-state index contributed by atoms with van der Waals surface area (Å²) in [5.74, 6) is 0.422. The molecule has 2 aromatic heterocycles. The predicted octanol–water partition coefficient (Wildman–Crippen LogP) is 4.39. The fourth-order valence-corrected chi connectivity index (χ4v) is 3.46. The van der Waals surface area contributed by atoms with Crippen LogP contribution in [0.15, 0.2) is 48.8 Å². The molecule has 0 amide bonds. The number of anilines is 1. The van der Waals surface area contributed by atoms with Crippen LogP contribution >= 0.6 is 22.9 Å². The number of hydrogen-bond acceptors (Lipinski definition) is 7. The highest BCUT2D eigenvalue weighted by atomic mass is 127. The molecule has 0 unspecified atom stereocenters. The quantitative estimate of drug-likeness (QED) is 0.183. The summed E-state index contributed by atoms with van der Waals surface area (Å²) in [5.41, 5.74) is 5.02. The van der Waals surface area contributed by atoms with E-state index in [9.17, 15) is 15.4 Å². The normalized spacial score (nSPS) is 10.7. The Balaban J connectivity index is 1.83. The molecule has 10 heteroatoms. The first kappa shape index (κ1) is 19.7. The maximum atomic E-state index is 10.9. The van der Waals surface area contributed by atoms with Gasteiger partial charge in [-0.2, -0.15) is 10.2 Å². The zero-order valence-corrected chi connectivity index (χ0v) is 17.9. The Bertz CT molecular complexity index is 1310. The number of nitriles is 1. The van der Waals surface area contributed by atoms with Crippen molar-refractivity contribution in [3.63, 3.8) is 0 Å². The van der Waals surface area contributed by atoms with Gasteiger partial charge in [0.05, 0.1) is 52.3 Å². The third-order valence-corrected chi connectivity index (χ3v) is 5.24. The third kappa shape index (κ3) is 3.55. The van der Waals surface area contributed by atoms with Crippen LogP contribution in [-0.2, 0) is 6.54 Å².